The normalized spacial score (nSPS) is 19.7. The van der Waals surface area contributed by atoms with E-state index < -0.39 is 0 Å². The molecule has 0 aromatic carbocycles. The number of nitrogens with one attached hydrogen (secondary N) is 1. The maximum Gasteiger partial charge on any atom is 0.125 e. The highest BCUT2D eigenvalue weighted by atomic mass is 32.1. The van der Waals surface area contributed by atoms with Crippen LogP contribution in [0.4, 0.5) is 0 Å². The molecule has 1 heterocycles. The van der Waals surface area contributed by atoms with Crippen molar-refractivity contribution in [2.75, 3.05) is 7.11 Å². The Hall–Kier alpha value is -0.450. The third-order valence-electron chi connectivity index (χ3n) is 3.27. The van der Waals surface area contributed by atoms with Crippen molar-refractivity contribution in [1.82, 2.24) is 10.3 Å². The molecule has 1 aromatic rings. The highest BCUT2D eigenvalue weighted by molar-refractivity contribution is 7.11. The summed E-state index contributed by atoms with van der Waals surface area (Å²) in [5.41, 5.74) is -0.220. The molecule has 1 aliphatic rings. The van der Waals surface area contributed by atoms with Crippen LogP contribution in [0.2, 0.25) is 0 Å². The summed E-state index contributed by atoms with van der Waals surface area (Å²) in [4.78, 5) is 5.79. The molecule has 4 heteroatoms. The summed E-state index contributed by atoms with van der Waals surface area (Å²) >= 11 is 1.76. The maximum atomic E-state index is 5.55. The van der Waals surface area contributed by atoms with Crippen LogP contribution in [0.5, 0.6) is 0 Å². The fourth-order valence-electron chi connectivity index (χ4n) is 1.55. The Morgan fingerprint density at radius 1 is 1.62 bits per heavy atom. The van der Waals surface area contributed by atoms with E-state index in [9.17, 15) is 0 Å². The summed E-state index contributed by atoms with van der Waals surface area (Å²) in [5, 5.41) is 4.59. The summed E-state index contributed by atoms with van der Waals surface area (Å²) in [6, 6.07) is 0.755. The topological polar surface area (TPSA) is 34.1 Å². The molecule has 90 valence electrons. The maximum absolute atomic E-state index is 5.55. The van der Waals surface area contributed by atoms with Gasteiger partial charge in [-0.2, -0.15) is 0 Å². The van der Waals surface area contributed by atoms with E-state index in [4.69, 9.17) is 4.74 Å². The minimum absolute atomic E-state index is 0.220. The van der Waals surface area contributed by atoms with Gasteiger partial charge in [0, 0.05) is 30.8 Å². The Bertz CT molecular complexity index is 343. The Balaban J connectivity index is 1.99. The average Bonchev–Trinajstić information content (AvgIpc) is 3.02. The first-order valence-corrected chi connectivity index (χ1v) is 6.73. The van der Waals surface area contributed by atoms with Crippen LogP contribution < -0.4 is 5.32 Å². The van der Waals surface area contributed by atoms with Crippen molar-refractivity contribution < 1.29 is 4.74 Å². The highest BCUT2D eigenvalue weighted by Crippen LogP contribution is 2.31. The first-order chi connectivity index (χ1) is 7.68. The molecule has 0 spiro atoms. The number of hydrogen-bond donors (Lipinski definition) is 1. The molecule has 0 bridgehead atoms. The van der Waals surface area contributed by atoms with E-state index in [0.717, 1.165) is 24.0 Å². The molecule has 2 rings (SSSR count). The van der Waals surface area contributed by atoms with Gasteiger partial charge < -0.3 is 10.1 Å². The second-order valence-corrected chi connectivity index (χ2v) is 5.69. The van der Waals surface area contributed by atoms with Gasteiger partial charge in [-0.15, -0.1) is 11.3 Å². The molecular formula is C12H20N2OS. The van der Waals surface area contributed by atoms with E-state index in [1.807, 2.05) is 6.20 Å². The van der Waals surface area contributed by atoms with E-state index >= 15 is 0 Å². The van der Waals surface area contributed by atoms with Gasteiger partial charge in [-0.25, -0.2) is 4.98 Å². The number of methoxy groups -OCH3 is 1. The molecule has 0 saturated heterocycles. The van der Waals surface area contributed by atoms with Crippen molar-refractivity contribution in [3.8, 4) is 0 Å². The quantitative estimate of drug-likeness (QED) is 0.830. The van der Waals surface area contributed by atoms with Crippen molar-refractivity contribution in [3.63, 3.8) is 0 Å². The summed E-state index contributed by atoms with van der Waals surface area (Å²) in [6.45, 7) is 5.18. The van der Waals surface area contributed by atoms with Crippen LogP contribution in [0.15, 0.2) is 6.20 Å². The molecule has 1 fully saturated rings. The monoisotopic (exact) mass is 240 g/mol. The lowest BCUT2D eigenvalue weighted by molar-refractivity contribution is -0.00156. The first-order valence-electron chi connectivity index (χ1n) is 5.91. The minimum Gasteiger partial charge on any atom is -0.371 e. The van der Waals surface area contributed by atoms with Crippen LogP contribution in [-0.2, 0) is 16.9 Å². The number of aromatic nitrogens is 1. The van der Waals surface area contributed by atoms with Crippen LogP contribution >= 0.6 is 11.3 Å². The van der Waals surface area contributed by atoms with Crippen molar-refractivity contribution >= 4 is 11.3 Å². The largest absolute Gasteiger partial charge is 0.371 e. The van der Waals surface area contributed by atoms with Crippen molar-refractivity contribution in [1.29, 1.82) is 0 Å². The van der Waals surface area contributed by atoms with Gasteiger partial charge in [0.2, 0.25) is 0 Å². The van der Waals surface area contributed by atoms with Gasteiger partial charge in [0.25, 0.3) is 0 Å². The molecule has 0 aliphatic heterocycles. The van der Waals surface area contributed by atoms with Gasteiger partial charge in [-0.05, 0) is 26.2 Å². The van der Waals surface area contributed by atoms with Gasteiger partial charge in [0.15, 0.2) is 0 Å². The number of hydrogen-bond acceptors (Lipinski definition) is 4. The standard InChI is InChI=1S/C12H20N2OS/c1-4-12(2,15-3)11-14-8-10(16-11)7-13-9-5-6-9/h8-9,13H,4-7H2,1-3H3. The Kier molecular flexibility index (Phi) is 3.62. The lowest BCUT2D eigenvalue weighted by Gasteiger charge is -2.23. The molecule has 0 amide bonds. The van der Waals surface area contributed by atoms with Crippen LogP contribution in [0.25, 0.3) is 0 Å². The number of rotatable bonds is 6. The Labute approximate surface area is 101 Å². The van der Waals surface area contributed by atoms with Crippen LogP contribution in [0.1, 0.15) is 43.0 Å². The first kappa shape index (κ1) is 12.0. The van der Waals surface area contributed by atoms with E-state index in [2.05, 4.69) is 24.1 Å². The average molecular weight is 240 g/mol. The van der Waals surface area contributed by atoms with Crippen molar-refractivity contribution in [3.05, 3.63) is 16.1 Å². The molecule has 1 N–H and O–H groups in total. The fourth-order valence-corrected chi connectivity index (χ4v) is 2.61. The van der Waals surface area contributed by atoms with E-state index in [0.29, 0.717) is 0 Å². The van der Waals surface area contributed by atoms with E-state index in [1.54, 1.807) is 18.4 Å². The lowest BCUT2D eigenvalue weighted by Crippen LogP contribution is -2.22. The molecule has 1 unspecified atom stereocenters. The Morgan fingerprint density at radius 2 is 2.38 bits per heavy atom. The zero-order chi connectivity index (χ0) is 11.6. The predicted molar refractivity (Wildman–Crippen MR) is 66.6 cm³/mol. The van der Waals surface area contributed by atoms with Crippen LogP contribution in [0.3, 0.4) is 0 Å². The Morgan fingerprint density at radius 3 is 2.94 bits per heavy atom. The molecule has 1 atom stereocenters. The number of nitrogens with zero attached hydrogens (tertiary/aromatic N) is 1. The zero-order valence-electron chi connectivity index (χ0n) is 10.2. The molecule has 1 aliphatic carbocycles. The molecule has 1 saturated carbocycles. The SMILES string of the molecule is CCC(C)(OC)c1ncc(CNC2CC2)s1. The summed E-state index contributed by atoms with van der Waals surface area (Å²) in [7, 11) is 1.76. The van der Waals surface area contributed by atoms with Gasteiger partial charge in [0.05, 0.1) is 0 Å². The van der Waals surface area contributed by atoms with Gasteiger partial charge in [0.1, 0.15) is 10.6 Å². The fraction of sp³-hybridized carbons (Fsp3) is 0.750. The van der Waals surface area contributed by atoms with Crippen LogP contribution in [0, 0.1) is 0 Å². The third kappa shape index (κ3) is 2.62. The molecule has 16 heavy (non-hydrogen) atoms. The second kappa shape index (κ2) is 4.82. The van der Waals surface area contributed by atoms with Gasteiger partial charge >= 0.3 is 0 Å². The van der Waals surface area contributed by atoms with Gasteiger partial charge in [-0.3, -0.25) is 0 Å². The van der Waals surface area contributed by atoms with E-state index in [1.165, 1.54) is 17.7 Å². The lowest BCUT2D eigenvalue weighted by atomic mass is 10.1. The smallest absolute Gasteiger partial charge is 0.125 e. The summed E-state index contributed by atoms with van der Waals surface area (Å²) in [6.07, 6.45) is 5.58. The molecule has 3 nitrogen and oxygen atoms in total. The van der Waals surface area contributed by atoms with Gasteiger partial charge in [-0.1, -0.05) is 6.92 Å². The van der Waals surface area contributed by atoms with E-state index in [-0.39, 0.29) is 5.60 Å². The zero-order valence-corrected chi connectivity index (χ0v) is 11.1. The summed E-state index contributed by atoms with van der Waals surface area (Å²) < 4.78 is 5.55. The molecular weight excluding hydrogens is 220 g/mol. The second-order valence-electron chi connectivity index (χ2n) is 4.58. The van der Waals surface area contributed by atoms with Crippen molar-refractivity contribution in [2.45, 2.75) is 51.3 Å². The third-order valence-corrected chi connectivity index (χ3v) is 4.52. The van der Waals surface area contributed by atoms with Crippen molar-refractivity contribution in [2.24, 2.45) is 0 Å². The number of thiazole rings is 1. The molecule has 0 radical (unpaired) electrons. The molecule has 1 aromatic heterocycles. The minimum atomic E-state index is -0.220. The number of ether oxygens (including phenoxy) is 1. The highest BCUT2D eigenvalue weighted by Gasteiger charge is 2.27. The summed E-state index contributed by atoms with van der Waals surface area (Å²) in [5.74, 6) is 0. The van der Waals surface area contributed by atoms with Crippen LogP contribution in [-0.4, -0.2) is 18.1 Å². The predicted octanol–water partition coefficient (Wildman–Crippen LogP) is 2.67.